The smallest absolute Gasteiger partial charge is 0.212 e. The first kappa shape index (κ1) is 17.9. The van der Waals surface area contributed by atoms with Crippen molar-refractivity contribution in [1.29, 1.82) is 5.26 Å². The molecule has 4 nitrogen and oxygen atoms in total. The minimum atomic E-state index is -0.229. The molecular weight excluding hydrogens is 365 g/mol. The Morgan fingerprint density at radius 2 is 2.05 bits per heavy atom. The fraction of sp³-hybridized carbons (Fsp3) is 0.200. The molecule has 0 saturated carbocycles. The Morgan fingerprint density at radius 3 is 2.62 bits per heavy atom. The van der Waals surface area contributed by atoms with Crippen molar-refractivity contribution < 1.29 is 37.4 Å². The molecule has 2 rings (SSSR count). The summed E-state index contributed by atoms with van der Waals surface area (Å²) in [5.74, 6) is 0.606. The fourth-order valence-corrected chi connectivity index (χ4v) is 2.02. The van der Waals surface area contributed by atoms with E-state index >= 15 is 0 Å². The standard InChI is InChI=1S/C15H12ClN2O2.Y/c1-2-18-14(8-7-13(16)15(18)19)11-3-5-12(6-4-11)20-10-9-17;/h3-7H,2,10H2,1H3;/q-1;. The van der Waals surface area contributed by atoms with Crippen LogP contribution < -0.4 is 10.3 Å². The summed E-state index contributed by atoms with van der Waals surface area (Å²) in [7, 11) is 0. The maximum Gasteiger partial charge on any atom is 0.212 e. The Bertz CT molecular complexity index is 705. The van der Waals surface area contributed by atoms with Crippen LogP contribution in [-0.4, -0.2) is 11.2 Å². The van der Waals surface area contributed by atoms with Crippen LogP contribution in [0, 0.1) is 17.4 Å². The maximum absolute atomic E-state index is 12.0. The summed E-state index contributed by atoms with van der Waals surface area (Å²) in [6, 6.07) is 13.5. The molecule has 0 atom stereocenters. The second-order valence-corrected chi connectivity index (χ2v) is 4.41. The zero-order valence-electron chi connectivity index (χ0n) is 11.5. The molecule has 0 N–H and O–H groups in total. The average molecular weight is 377 g/mol. The molecule has 21 heavy (non-hydrogen) atoms. The Labute approximate surface area is 153 Å². The quantitative estimate of drug-likeness (QED) is 0.771. The van der Waals surface area contributed by atoms with Crippen molar-refractivity contribution in [2.75, 3.05) is 6.61 Å². The monoisotopic (exact) mass is 376 g/mol. The molecule has 2 aromatic rings. The first-order valence-corrected chi connectivity index (χ1v) is 6.46. The van der Waals surface area contributed by atoms with Crippen molar-refractivity contribution in [3.63, 3.8) is 0 Å². The van der Waals surface area contributed by atoms with Gasteiger partial charge in [-0.05, 0) is 19.1 Å². The minimum Gasteiger partial charge on any atom is -0.479 e. The molecule has 0 saturated heterocycles. The number of rotatable bonds is 4. The molecular formula is C15H12ClN2O2Y-. The van der Waals surface area contributed by atoms with E-state index in [1.807, 2.05) is 25.1 Å². The molecule has 1 aromatic heterocycles. The van der Waals surface area contributed by atoms with E-state index in [9.17, 15) is 4.79 Å². The first-order chi connectivity index (χ1) is 9.67. The Balaban J connectivity index is 0.00000220. The number of pyridine rings is 1. The zero-order valence-corrected chi connectivity index (χ0v) is 15.1. The van der Waals surface area contributed by atoms with E-state index in [4.69, 9.17) is 21.6 Å². The van der Waals surface area contributed by atoms with Crippen LogP contribution in [0.5, 0.6) is 5.75 Å². The van der Waals surface area contributed by atoms with Crippen molar-refractivity contribution >= 4 is 11.6 Å². The summed E-state index contributed by atoms with van der Waals surface area (Å²) >= 11 is 5.82. The molecule has 0 amide bonds. The van der Waals surface area contributed by atoms with Gasteiger partial charge in [0, 0.05) is 44.3 Å². The molecule has 0 bridgehead atoms. The Hall–Kier alpha value is -1.15. The van der Waals surface area contributed by atoms with E-state index in [1.54, 1.807) is 16.7 Å². The maximum atomic E-state index is 12.0. The number of nitriles is 1. The summed E-state index contributed by atoms with van der Waals surface area (Å²) in [5.41, 5.74) is 1.28. The SMILES string of the molecule is CCn1c(-c2ccc(OCC#N)cc2)[c-]cc(Cl)c1=O.[Y]. The molecule has 0 aliphatic rings. The van der Waals surface area contributed by atoms with Gasteiger partial charge >= 0.3 is 0 Å². The predicted molar refractivity (Wildman–Crippen MR) is 76.8 cm³/mol. The van der Waals surface area contributed by atoms with E-state index in [1.165, 1.54) is 6.07 Å². The van der Waals surface area contributed by atoms with Gasteiger partial charge < -0.3 is 9.30 Å². The summed E-state index contributed by atoms with van der Waals surface area (Å²) in [4.78, 5) is 12.0. The predicted octanol–water partition coefficient (Wildman–Crippen LogP) is 2.89. The first-order valence-electron chi connectivity index (χ1n) is 6.08. The second-order valence-electron chi connectivity index (χ2n) is 4.01. The van der Waals surface area contributed by atoms with Crippen LogP contribution in [0.2, 0.25) is 5.02 Å². The third kappa shape index (κ3) is 4.17. The van der Waals surface area contributed by atoms with Crippen LogP contribution in [0.3, 0.4) is 0 Å². The van der Waals surface area contributed by atoms with Crippen molar-refractivity contribution in [2.24, 2.45) is 0 Å². The van der Waals surface area contributed by atoms with Gasteiger partial charge in [-0.15, -0.1) is 12.1 Å². The number of ether oxygens (including phenoxy) is 1. The summed E-state index contributed by atoms with van der Waals surface area (Å²) in [6.45, 7) is 2.39. The number of hydrogen-bond acceptors (Lipinski definition) is 3. The number of nitrogens with zero attached hydrogens (tertiary/aromatic N) is 2. The van der Waals surface area contributed by atoms with Gasteiger partial charge in [-0.3, -0.25) is 4.79 Å². The second kappa shape index (κ2) is 8.33. The van der Waals surface area contributed by atoms with E-state index in [0.717, 1.165) is 5.56 Å². The average Bonchev–Trinajstić information content (AvgIpc) is 2.48. The molecule has 0 spiro atoms. The van der Waals surface area contributed by atoms with Gasteiger partial charge in [-0.2, -0.15) is 29.0 Å². The largest absolute Gasteiger partial charge is 0.479 e. The molecule has 0 fully saturated rings. The van der Waals surface area contributed by atoms with Gasteiger partial charge in [0.05, 0.1) is 0 Å². The van der Waals surface area contributed by atoms with Gasteiger partial charge in [0.15, 0.2) is 6.61 Å². The zero-order chi connectivity index (χ0) is 14.5. The van der Waals surface area contributed by atoms with Crippen molar-refractivity contribution in [1.82, 2.24) is 4.57 Å². The van der Waals surface area contributed by atoms with Crippen LogP contribution in [0.4, 0.5) is 0 Å². The van der Waals surface area contributed by atoms with Crippen molar-refractivity contribution in [3.8, 4) is 23.1 Å². The van der Waals surface area contributed by atoms with Crippen LogP contribution in [0.1, 0.15) is 6.92 Å². The topological polar surface area (TPSA) is 55.0 Å². The molecule has 1 heterocycles. The van der Waals surface area contributed by atoms with E-state index in [0.29, 0.717) is 18.0 Å². The van der Waals surface area contributed by atoms with E-state index < -0.39 is 0 Å². The van der Waals surface area contributed by atoms with Crippen LogP contribution in [0.25, 0.3) is 11.3 Å². The molecule has 1 radical (unpaired) electrons. The van der Waals surface area contributed by atoms with Crippen LogP contribution in [-0.2, 0) is 39.3 Å². The molecule has 6 heteroatoms. The normalized spacial score (nSPS) is 9.57. The molecule has 1 aromatic carbocycles. The van der Waals surface area contributed by atoms with Gasteiger partial charge in [0.25, 0.3) is 0 Å². The van der Waals surface area contributed by atoms with E-state index in [2.05, 4.69) is 6.07 Å². The van der Waals surface area contributed by atoms with Crippen LogP contribution in [0.15, 0.2) is 35.1 Å². The van der Waals surface area contributed by atoms with Gasteiger partial charge in [-0.1, -0.05) is 11.3 Å². The summed E-state index contributed by atoms with van der Waals surface area (Å²) < 4.78 is 6.75. The van der Waals surface area contributed by atoms with Crippen LogP contribution >= 0.6 is 11.6 Å². The van der Waals surface area contributed by atoms with Gasteiger partial charge in [0.1, 0.15) is 11.8 Å². The van der Waals surface area contributed by atoms with Crippen molar-refractivity contribution in [3.05, 3.63) is 51.8 Å². The van der Waals surface area contributed by atoms with Crippen molar-refractivity contribution in [2.45, 2.75) is 13.5 Å². The number of hydrogen-bond donors (Lipinski definition) is 0. The number of halogens is 1. The van der Waals surface area contributed by atoms with Gasteiger partial charge in [-0.25, -0.2) is 0 Å². The minimum absolute atomic E-state index is 0. The number of aromatic nitrogens is 1. The third-order valence-corrected chi connectivity index (χ3v) is 3.07. The molecule has 105 valence electrons. The molecule has 0 aliphatic carbocycles. The number of benzene rings is 1. The Morgan fingerprint density at radius 1 is 1.38 bits per heavy atom. The fourth-order valence-electron chi connectivity index (χ4n) is 1.87. The summed E-state index contributed by atoms with van der Waals surface area (Å²) in [5, 5.41) is 8.61. The van der Waals surface area contributed by atoms with E-state index in [-0.39, 0.29) is 49.9 Å². The molecule has 0 unspecified atom stereocenters. The van der Waals surface area contributed by atoms with Gasteiger partial charge in [0.2, 0.25) is 5.56 Å². The molecule has 0 aliphatic heterocycles. The third-order valence-electron chi connectivity index (χ3n) is 2.80. The Kier molecular flexibility index (Phi) is 7.11. The summed E-state index contributed by atoms with van der Waals surface area (Å²) in [6.07, 6.45) is 0.